The first-order chi connectivity index (χ1) is 15.5. The molecule has 1 atom stereocenters. The molecule has 1 saturated heterocycles. The van der Waals surface area contributed by atoms with Crippen LogP contribution in [0.1, 0.15) is 36.9 Å². The fraction of sp³-hybridized carbons (Fsp3) is 0.480. The number of nitrogens with one attached hydrogen (secondary N) is 2. The van der Waals surface area contributed by atoms with Crippen LogP contribution in [0.15, 0.2) is 53.5 Å². The molecule has 7 nitrogen and oxygen atoms in total. The van der Waals surface area contributed by atoms with Gasteiger partial charge in [-0.15, -0.1) is 24.0 Å². The Balaban J connectivity index is 0.00000385. The zero-order valence-corrected chi connectivity index (χ0v) is 22.1. The highest BCUT2D eigenvalue weighted by atomic mass is 127. The number of hydrogen-bond acceptors (Lipinski definition) is 5. The number of aliphatic imine (C=N–C) groups is 1. The Morgan fingerprint density at radius 3 is 2.45 bits per heavy atom. The predicted molar refractivity (Wildman–Crippen MR) is 144 cm³/mol. The maximum atomic E-state index is 6.19. The van der Waals surface area contributed by atoms with Crippen LogP contribution in [0.5, 0.6) is 11.5 Å². The summed E-state index contributed by atoms with van der Waals surface area (Å²) < 4.78 is 16.3. The highest BCUT2D eigenvalue weighted by Gasteiger charge is 2.33. The van der Waals surface area contributed by atoms with Gasteiger partial charge in [0, 0.05) is 31.3 Å². The van der Waals surface area contributed by atoms with Crippen molar-refractivity contribution in [1.82, 2.24) is 10.6 Å². The molecular weight excluding hydrogens is 531 g/mol. The summed E-state index contributed by atoms with van der Waals surface area (Å²) in [5.74, 6) is 1.92. The molecule has 1 fully saturated rings. The van der Waals surface area contributed by atoms with Crippen molar-refractivity contribution in [3.8, 4) is 11.5 Å². The summed E-state index contributed by atoms with van der Waals surface area (Å²) in [5.41, 5.74) is 8.48. The third-order valence-electron chi connectivity index (χ3n) is 5.99. The summed E-state index contributed by atoms with van der Waals surface area (Å²) in [6.45, 7) is 4.96. The molecule has 0 spiro atoms. The Morgan fingerprint density at radius 1 is 1.09 bits per heavy atom. The van der Waals surface area contributed by atoms with Crippen LogP contribution in [0.4, 0.5) is 0 Å². The van der Waals surface area contributed by atoms with Crippen molar-refractivity contribution in [3.63, 3.8) is 0 Å². The van der Waals surface area contributed by atoms with E-state index in [9.17, 15) is 0 Å². The van der Waals surface area contributed by atoms with E-state index in [1.54, 1.807) is 14.2 Å². The lowest BCUT2D eigenvalue weighted by atomic mass is 9.88. The largest absolute Gasteiger partial charge is 0.493 e. The summed E-state index contributed by atoms with van der Waals surface area (Å²) >= 11 is 0. The molecule has 8 heteroatoms. The third-order valence-corrected chi connectivity index (χ3v) is 5.99. The number of ether oxygens (including phenoxy) is 3. The molecular formula is C25H37IN4O3. The lowest BCUT2D eigenvalue weighted by molar-refractivity contribution is 0.0374. The van der Waals surface area contributed by atoms with Gasteiger partial charge in [0.15, 0.2) is 17.5 Å². The lowest BCUT2D eigenvalue weighted by Crippen LogP contribution is -2.53. The molecule has 4 N–H and O–H groups in total. The molecule has 33 heavy (non-hydrogen) atoms. The second-order valence-corrected chi connectivity index (χ2v) is 8.24. The number of methoxy groups -OCH3 is 2. The molecule has 1 aliphatic rings. The van der Waals surface area contributed by atoms with Crippen molar-refractivity contribution >= 4 is 29.9 Å². The maximum Gasteiger partial charge on any atom is 0.188 e. The van der Waals surface area contributed by atoms with Crippen LogP contribution in [-0.4, -0.2) is 52.0 Å². The van der Waals surface area contributed by atoms with Crippen molar-refractivity contribution in [3.05, 3.63) is 59.7 Å². The fourth-order valence-corrected chi connectivity index (χ4v) is 4.06. The average Bonchev–Trinajstić information content (AvgIpc) is 2.84. The number of rotatable bonds is 10. The minimum Gasteiger partial charge on any atom is -0.493 e. The highest BCUT2D eigenvalue weighted by Crippen LogP contribution is 2.28. The number of nitrogens with zero attached hydrogens (tertiary/aromatic N) is 1. The molecule has 3 rings (SSSR count). The van der Waals surface area contributed by atoms with Gasteiger partial charge in [-0.05, 0) is 49.4 Å². The first-order valence-corrected chi connectivity index (χ1v) is 11.2. The third kappa shape index (κ3) is 8.04. The minimum absolute atomic E-state index is 0. The molecule has 2 aromatic carbocycles. The zero-order chi connectivity index (χ0) is 22.8. The van der Waals surface area contributed by atoms with Crippen molar-refractivity contribution < 1.29 is 14.2 Å². The number of nitrogens with two attached hydrogens (primary N) is 1. The van der Waals surface area contributed by atoms with E-state index in [4.69, 9.17) is 19.9 Å². The SMILES string of the molecule is COc1ccc(CCNC(N)=NCC2(NC(C)c3ccccc3)CCOCC2)cc1OC.I. The Hall–Kier alpha value is -2.04. The van der Waals surface area contributed by atoms with E-state index in [0.717, 1.165) is 49.5 Å². The summed E-state index contributed by atoms with van der Waals surface area (Å²) in [6.07, 6.45) is 2.62. The standard InChI is InChI=1S/C25H36N4O3.HI/c1-19(21-7-5-4-6-8-21)29-25(12-15-32-16-13-25)18-28-24(26)27-14-11-20-9-10-22(30-2)23(17-20)31-3;/h4-10,17,19,29H,11-16,18H2,1-3H3,(H3,26,27,28);1H. The van der Waals surface area contributed by atoms with E-state index in [-0.39, 0.29) is 35.6 Å². The second kappa shape index (κ2) is 13.6. The smallest absolute Gasteiger partial charge is 0.188 e. The molecule has 1 heterocycles. The van der Waals surface area contributed by atoms with Gasteiger partial charge in [0.1, 0.15) is 0 Å². The second-order valence-electron chi connectivity index (χ2n) is 8.24. The van der Waals surface area contributed by atoms with Crippen molar-refractivity contribution in [1.29, 1.82) is 0 Å². The lowest BCUT2D eigenvalue weighted by Gasteiger charge is -2.39. The molecule has 1 unspecified atom stereocenters. The van der Waals surface area contributed by atoms with Gasteiger partial charge in [-0.3, -0.25) is 4.99 Å². The topological polar surface area (TPSA) is 90.1 Å². The summed E-state index contributed by atoms with van der Waals surface area (Å²) in [6, 6.07) is 16.6. The maximum absolute atomic E-state index is 6.19. The number of hydrogen-bond donors (Lipinski definition) is 3. The minimum atomic E-state index is -0.122. The van der Waals surface area contributed by atoms with Gasteiger partial charge in [-0.1, -0.05) is 36.4 Å². The number of guanidine groups is 1. The Bertz CT molecular complexity index is 873. The molecule has 1 aliphatic heterocycles. The first kappa shape index (κ1) is 27.2. The van der Waals surface area contributed by atoms with E-state index in [0.29, 0.717) is 19.0 Å². The Morgan fingerprint density at radius 2 is 1.79 bits per heavy atom. The summed E-state index contributed by atoms with van der Waals surface area (Å²) in [4.78, 5) is 4.68. The van der Waals surface area contributed by atoms with Crippen LogP contribution in [-0.2, 0) is 11.2 Å². The van der Waals surface area contributed by atoms with Crippen LogP contribution in [0.2, 0.25) is 0 Å². The van der Waals surface area contributed by atoms with Crippen LogP contribution in [0, 0.1) is 0 Å². The van der Waals surface area contributed by atoms with Crippen molar-refractivity contribution in [2.45, 2.75) is 37.8 Å². The van der Waals surface area contributed by atoms with Gasteiger partial charge in [0.25, 0.3) is 0 Å². The monoisotopic (exact) mass is 568 g/mol. The van der Waals surface area contributed by atoms with E-state index in [1.165, 1.54) is 5.56 Å². The van der Waals surface area contributed by atoms with Crippen LogP contribution in [0.25, 0.3) is 0 Å². The van der Waals surface area contributed by atoms with Crippen molar-refractivity contribution in [2.24, 2.45) is 10.7 Å². The molecule has 182 valence electrons. The average molecular weight is 569 g/mol. The van der Waals surface area contributed by atoms with Crippen molar-refractivity contribution in [2.75, 3.05) is 40.5 Å². The molecule has 0 radical (unpaired) electrons. The van der Waals surface area contributed by atoms with Gasteiger partial charge >= 0.3 is 0 Å². The summed E-state index contributed by atoms with van der Waals surface area (Å²) in [7, 11) is 3.28. The predicted octanol–water partition coefficient (Wildman–Crippen LogP) is 3.67. The van der Waals surface area contributed by atoms with Crippen LogP contribution < -0.4 is 25.8 Å². The first-order valence-electron chi connectivity index (χ1n) is 11.2. The number of benzene rings is 2. The normalized spacial score (nSPS) is 16.4. The molecule has 0 aliphatic carbocycles. The van der Waals surface area contributed by atoms with E-state index < -0.39 is 0 Å². The van der Waals surface area contributed by atoms with Gasteiger partial charge in [-0.25, -0.2) is 0 Å². The van der Waals surface area contributed by atoms with Gasteiger partial charge in [-0.2, -0.15) is 0 Å². The summed E-state index contributed by atoms with van der Waals surface area (Å²) in [5, 5.41) is 7.05. The molecule has 0 aromatic heterocycles. The van der Waals surface area contributed by atoms with E-state index in [1.807, 2.05) is 24.3 Å². The molecule has 0 saturated carbocycles. The van der Waals surface area contributed by atoms with Crippen LogP contribution >= 0.6 is 24.0 Å². The van der Waals surface area contributed by atoms with E-state index in [2.05, 4.69) is 46.8 Å². The highest BCUT2D eigenvalue weighted by molar-refractivity contribution is 14.0. The van der Waals surface area contributed by atoms with Gasteiger partial charge < -0.3 is 30.6 Å². The fourth-order valence-electron chi connectivity index (χ4n) is 4.06. The molecule has 0 bridgehead atoms. The van der Waals surface area contributed by atoms with Crippen LogP contribution in [0.3, 0.4) is 0 Å². The zero-order valence-electron chi connectivity index (χ0n) is 19.8. The Kier molecular flexibility index (Phi) is 11.2. The quantitative estimate of drug-likeness (QED) is 0.230. The van der Waals surface area contributed by atoms with E-state index >= 15 is 0 Å². The Labute approximate surface area is 214 Å². The molecule has 0 amide bonds. The van der Waals surface area contributed by atoms with Gasteiger partial charge in [0.2, 0.25) is 0 Å². The number of halogens is 1. The molecule has 2 aromatic rings. The van der Waals surface area contributed by atoms with Gasteiger partial charge in [0.05, 0.1) is 20.8 Å².